The van der Waals surface area contributed by atoms with Crippen LogP contribution in [0.4, 0.5) is 0 Å². The van der Waals surface area contributed by atoms with Crippen molar-refractivity contribution in [2.24, 2.45) is 0 Å². The van der Waals surface area contributed by atoms with E-state index in [4.69, 9.17) is 4.74 Å². The fourth-order valence-corrected chi connectivity index (χ4v) is 3.70. The van der Waals surface area contributed by atoms with Crippen LogP contribution in [0.3, 0.4) is 0 Å². The number of piperidine rings is 1. The number of hydrogen-bond acceptors (Lipinski definition) is 4. The van der Waals surface area contributed by atoms with Gasteiger partial charge in [0.1, 0.15) is 18.0 Å². The second-order valence-corrected chi connectivity index (χ2v) is 6.90. The SMILES string of the molecule is [O]N1CCC(NCC(O)C2CCc3cc4[nH]ccc4cc3O2)CC1. The van der Waals surface area contributed by atoms with Gasteiger partial charge in [0, 0.05) is 42.8 Å². The van der Waals surface area contributed by atoms with E-state index in [0.717, 1.165) is 47.4 Å². The first kappa shape index (κ1) is 15.9. The molecule has 3 heterocycles. The first-order valence-electron chi connectivity index (χ1n) is 8.79. The highest BCUT2D eigenvalue weighted by molar-refractivity contribution is 5.82. The topological polar surface area (TPSA) is 80.4 Å². The molecule has 1 saturated heterocycles. The van der Waals surface area contributed by atoms with Crippen molar-refractivity contribution in [3.05, 3.63) is 30.0 Å². The van der Waals surface area contributed by atoms with Crippen molar-refractivity contribution in [1.82, 2.24) is 15.4 Å². The minimum Gasteiger partial charge on any atom is -0.487 e. The molecule has 6 heteroatoms. The predicted molar refractivity (Wildman–Crippen MR) is 90.3 cm³/mol. The second-order valence-electron chi connectivity index (χ2n) is 6.90. The maximum atomic E-state index is 11.2. The largest absolute Gasteiger partial charge is 0.487 e. The Labute approximate surface area is 141 Å². The number of rotatable bonds is 4. The Hall–Kier alpha value is -1.60. The summed E-state index contributed by atoms with van der Waals surface area (Å²) < 4.78 is 6.07. The van der Waals surface area contributed by atoms with Gasteiger partial charge in [-0.15, -0.1) is 5.21 Å². The van der Waals surface area contributed by atoms with Crippen molar-refractivity contribution in [2.75, 3.05) is 19.6 Å². The average molecular weight is 330 g/mol. The van der Waals surface area contributed by atoms with Gasteiger partial charge in [-0.25, -0.2) is 0 Å². The van der Waals surface area contributed by atoms with E-state index in [1.165, 1.54) is 5.56 Å². The van der Waals surface area contributed by atoms with E-state index in [0.29, 0.717) is 25.7 Å². The highest BCUT2D eigenvalue weighted by atomic mass is 16.5. The van der Waals surface area contributed by atoms with Crippen LogP contribution in [0.2, 0.25) is 0 Å². The number of nitrogens with one attached hydrogen (secondary N) is 2. The Balaban J connectivity index is 1.35. The number of nitrogens with zero attached hydrogens (tertiary/aromatic N) is 1. The molecule has 2 aliphatic rings. The summed E-state index contributed by atoms with van der Waals surface area (Å²) in [5, 5.41) is 27.3. The number of hydrogen-bond donors (Lipinski definition) is 3. The molecule has 2 aliphatic heterocycles. The molecule has 1 radical (unpaired) electrons. The molecule has 2 aromatic rings. The fourth-order valence-electron chi connectivity index (χ4n) is 3.70. The minimum absolute atomic E-state index is 0.180. The van der Waals surface area contributed by atoms with Crippen molar-refractivity contribution < 1.29 is 15.1 Å². The van der Waals surface area contributed by atoms with Crippen LogP contribution >= 0.6 is 0 Å². The number of aromatic amines is 1. The van der Waals surface area contributed by atoms with E-state index in [-0.39, 0.29) is 6.10 Å². The lowest BCUT2D eigenvalue weighted by Crippen LogP contribution is -2.47. The number of benzene rings is 1. The second kappa shape index (κ2) is 6.72. The third kappa shape index (κ3) is 3.28. The fraction of sp³-hybridized carbons (Fsp3) is 0.556. The van der Waals surface area contributed by atoms with Gasteiger partial charge in [0.15, 0.2) is 0 Å². The Morgan fingerprint density at radius 2 is 2.17 bits per heavy atom. The number of ether oxygens (including phenoxy) is 1. The van der Waals surface area contributed by atoms with Crippen LogP contribution in [-0.4, -0.2) is 53.0 Å². The maximum absolute atomic E-state index is 11.2. The number of aliphatic hydroxyl groups is 1. The number of hydroxylamine groups is 2. The third-order valence-electron chi connectivity index (χ3n) is 5.21. The summed E-state index contributed by atoms with van der Waals surface area (Å²) in [6, 6.07) is 6.54. The average Bonchev–Trinajstić information content (AvgIpc) is 3.05. The molecule has 129 valence electrons. The van der Waals surface area contributed by atoms with E-state index < -0.39 is 6.10 Å². The van der Waals surface area contributed by atoms with Crippen molar-refractivity contribution in [1.29, 1.82) is 0 Å². The number of fused-ring (bicyclic) bond motifs is 2. The molecule has 0 amide bonds. The molecular weight excluding hydrogens is 306 g/mol. The van der Waals surface area contributed by atoms with Crippen LogP contribution in [0, 0.1) is 0 Å². The van der Waals surface area contributed by atoms with Gasteiger partial charge in [-0.3, -0.25) is 0 Å². The zero-order chi connectivity index (χ0) is 16.5. The van der Waals surface area contributed by atoms with Crippen LogP contribution in [0.5, 0.6) is 5.75 Å². The molecule has 2 atom stereocenters. The lowest BCUT2D eigenvalue weighted by molar-refractivity contribution is -0.169. The molecule has 4 rings (SSSR count). The molecule has 3 N–H and O–H groups in total. The van der Waals surface area contributed by atoms with Gasteiger partial charge in [0.2, 0.25) is 0 Å². The Bertz CT molecular complexity index is 694. The van der Waals surface area contributed by atoms with Gasteiger partial charge in [-0.1, -0.05) is 0 Å². The van der Waals surface area contributed by atoms with Gasteiger partial charge in [-0.2, -0.15) is 5.06 Å². The zero-order valence-corrected chi connectivity index (χ0v) is 13.7. The summed E-state index contributed by atoms with van der Waals surface area (Å²) in [7, 11) is 0. The smallest absolute Gasteiger partial charge is 0.126 e. The predicted octanol–water partition coefficient (Wildman–Crippen LogP) is 1.62. The van der Waals surface area contributed by atoms with Gasteiger partial charge < -0.3 is 20.1 Å². The number of H-pyrrole nitrogens is 1. The highest BCUT2D eigenvalue weighted by Gasteiger charge is 2.28. The van der Waals surface area contributed by atoms with Gasteiger partial charge in [0.25, 0.3) is 0 Å². The maximum Gasteiger partial charge on any atom is 0.126 e. The number of aromatic nitrogens is 1. The van der Waals surface area contributed by atoms with Crippen molar-refractivity contribution in [2.45, 2.75) is 43.9 Å². The van der Waals surface area contributed by atoms with Gasteiger partial charge in [0.05, 0.1) is 0 Å². The van der Waals surface area contributed by atoms with E-state index in [9.17, 15) is 10.3 Å². The van der Waals surface area contributed by atoms with E-state index in [2.05, 4.69) is 22.4 Å². The normalized spacial score (nSPS) is 23.8. The highest BCUT2D eigenvalue weighted by Crippen LogP contribution is 2.32. The number of aliphatic hydroxyl groups excluding tert-OH is 1. The van der Waals surface area contributed by atoms with Crippen molar-refractivity contribution >= 4 is 10.9 Å². The summed E-state index contributed by atoms with van der Waals surface area (Å²) >= 11 is 0. The molecule has 24 heavy (non-hydrogen) atoms. The Morgan fingerprint density at radius 1 is 1.33 bits per heavy atom. The summed E-state index contributed by atoms with van der Waals surface area (Å²) in [5.41, 5.74) is 2.33. The molecule has 0 aliphatic carbocycles. The third-order valence-corrected chi connectivity index (χ3v) is 5.21. The Kier molecular flexibility index (Phi) is 4.45. The van der Waals surface area contributed by atoms with Crippen LogP contribution in [0.15, 0.2) is 24.4 Å². The van der Waals surface area contributed by atoms with Gasteiger partial charge in [-0.05, 0) is 49.4 Å². The van der Waals surface area contributed by atoms with Crippen molar-refractivity contribution in [3.8, 4) is 5.75 Å². The van der Waals surface area contributed by atoms with E-state index in [1.54, 1.807) is 0 Å². The monoisotopic (exact) mass is 330 g/mol. The lowest BCUT2D eigenvalue weighted by Gasteiger charge is -2.32. The summed E-state index contributed by atoms with van der Waals surface area (Å²) in [6.07, 6.45) is 4.64. The lowest BCUT2D eigenvalue weighted by atomic mass is 9.97. The molecule has 1 aromatic heterocycles. The van der Waals surface area contributed by atoms with E-state index in [1.807, 2.05) is 12.3 Å². The minimum atomic E-state index is -0.537. The van der Waals surface area contributed by atoms with Crippen molar-refractivity contribution in [3.63, 3.8) is 0 Å². The zero-order valence-electron chi connectivity index (χ0n) is 13.7. The number of aryl methyl sites for hydroxylation is 1. The molecule has 0 spiro atoms. The molecule has 6 nitrogen and oxygen atoms in total. The molecule has 1 aromatic carbocycles. The van der Waals surface area contributed by atoms with E-state index >= 15 is 0 Å². The molecular formula is C18H24N3O3. The standard InChI is InChI=1S/C18H24N3O3/c22-16(11-20-14-4-7-21(23)8-5-14)17-2-1-13-9-15-12(3-6-19-15)10-18(13)24-17/h3,6,9-10,14,16-17,19-20,22H,1-2,4-5,7-8,11H2. The van der Waals surface area contributed by atoms with Gasteiger partial charge >= 0.3 is 0 Å². The Morgan fingerprint density at radius 3 is 3.00 bits per heavy atom. The van der Waals surface area contributed by atoms with Crippen LogP contribution < -0.4 is 10.1 Å². The summed E-state index contributed by atoms with van der Waals surface area (Å²) in [5.74, 6) is 0.886. The first-order chi connectivity index (χ1) is 11.7. The quantitative estimate of drug-likeness (QED) is 0.796. The van der Waals surface area contributed by atoms with Crippen LogP contribution in [0.25, 0.3) is 10.9 Å². The molecule has 0 saturated carbocycles. The van der Waals surface area contributed by atoms with Crippen LogP contribution in [-0.2, 0) is 11.6 Å². The molecule has 2 unspecified atom stereocenters. The first-order valence-corrected chi connectivity index (χ1v) is 8.79. The summed E-state index contributed by atoms with van der Waals surface area (Å²) in [4.78, 5) is 3.22. The van der Waals surface area contributed by atoms with Crippen LogP contribution in [0.1, 0.15) is 24.8 Å². The molecule has 0 bridgehead atoms. The summed E-state index contributed by atoms with van der Waals surface area (Å²) in [6.45, 7) is 1.66. The molecule has 1 fully saturated rings.